The van der Waals surface area contributed by atoms with Crippen LogP contribution in [0.25, 0.3) is 0 Å². The van der Waals surface area contributed by atoms with Crippen LogP contribution in [0.15, 0.2) is 0 Å². The maximum atomic E-state index is 9.84. The van der Waals surface area contributed by atoms with Crippen molar-refractivity contribution in [3.8, 4) is 0 Å². The van der Waals surface area contributed by atoms with Crippen molar-refractivity contribution >= 4 is 0 Å². The van der Waals surface area contributed by atoms with E-state index in [2.05, 4.69) is 26.1 Å². The van der Waals surface area contributed by atoms with Gasteiger partial charge in [-0.2, -0.15) is 0 Å². The highest BCUT2D eigenvalue weighted by molar-refractivity contribution is 4.80. The van der Waals surface area contributed by atoms with E-state index in [1.807, 2.05) is 0 Å². The summed E-state index contributed by atoms with van der Waals surface area (Å²) in [6.45, 7) is 9.99. The molecule has 0 bridgehead atoms. The van der Waals surface area contributed by atoms with Gasteiger partial charge >= 0.3 is 0 Å². The summed E-state index contributed by atoms with van der Waals surface area (Å²) in [5, 5.41) is 13.2. The van der Waals surface area contributed by atoms with Gasteiger partial charge in [0.1, 0.15) is 0 Å². The highest BCUT2D eigenvalue weighted by atomic mass is 16.5. The summed E-state index contributed by atoms with van der Waals surface area (Å²) in [5.41, 5.74) is 0.355. The van der Waals surface area contributed by atoms with Gasteiger partial charge < -0.3 is 15.2 Å². The van der Waals surface area contributed by atoms with Gasteiger partial charge in [-0.25, -0.2) is 0 Å². The molecular weight excluding hydrogens is 202 g/mol. The van der Waals surface area contributed by atoms with E-state index in [9.17, 15) is 5.11 Å². The van der Waals surface area contributed by atoms with Gasteiger partial charge in [0.05, 0.1) is 6.10 Å². The first-order valence-corrected chi connectivity index (χ1v) is 6.54. The van der Waals surface area contributed by atoms with Crippen LogP contribution in [0.1, 0.15) is 40.0 Å². The summed E-state index contributed by atoms with van der Waals surface area (Å²) < 4.78 is 5.37. The second-order valence-corrected chi connectivity index (χ2v) is 5.51. The van der Waals surface area contributed by atoms with Crippen LogP contribution in [0, 0.1) is 11.3 Å². The molecule has 96 valence electrons. The summed E-state index contributed by atoms with van der Waals surface area (Å²) in [6.07, 6.45) is 3.07. The Balaban J connectivity index is 2.18. The molecule has 1 fully saturated rings. The van der Waals surface area contributed by atoms with Crippen LogP contribution >= 0.6 is 0 Å². The Kier molecular flexibility index (Phi) is 5.73. The number of hydrogen-bond acceptors (Lipinski definition) is 3. The maximum Gasteiger partial charge on any atom is 0.0689 e. The van der Waals surface area contributed by atoms with Gasteiger partial charge in [-0.15, -0.1) is 0 Å². The molecular formula is C13H27NO2. The second-order valence-electron chi connectivity index (χ2n) is 5.51. The fraction of sp³-hybridized carbons (Fsp3) is 1.00. The zero-order valence-corrected chi connectivity index (χ0v) is 11.0. The van der Waals surface area contributed by atoms with Gasteiger partial charge in [-0.05, 0) is 24.2 Å². The minimum Gasteiger partial charge on any atom is -0.392 e. The Morgan fingerprint density at radius 2 is 2.00 bits per heavy atom. The van der Waals surface area contributed by atoms with E-state index in [4.69, 9.17) is 4.74 Å². The number of nitrogens with one attached hydrogen (secondary N) is 1. The minimum absolute atomic E-state index is 0.214. The van der Waals surface area contributed by atoms with Gasteiger partial charge in [-0.1, -0.05) is 27.2 Å². The van der Waals surface area contributed by atoms with E-state index in [0.29, 0.717) is 17.9 Å². The molecule has 0 amide bonds. The normalized spacial score (nSPS) is 24.0. The van der Waals surface area contributed by atoms with Crippen molar-refractivity contribution < 1.29 is 9.84 Å². The molecule has 0 aromatic carbocycles. The topological polar surface area (TPSA) is 41.5 Å². The van der Waals surface area contributed by atoms with Crippen LogP contribution < -0.4 is 5.32 Å². The third kappa shape index (κ3) is 4.40. The van der Waals surface area contributed by atoms with Gasteiger partial charge in [0.2, 0.25) is 0 Å². The molecule has 2 unspecified atom stereocenters. The lowest BCUT2D eigenvalue weighted by Crippen LogP contribution is -2.40. The quantitative estimate of drug-likeness (QED) is 0.730. The molecule has 1 aliphatic heterocycles. The molecule has 3 nitrogen and oxygen atoms in total. The van der Waals surface area contributed by atoms with Gasteiger partial charge in [-0.3, -0.25) is 0 Å². The fourth-order valence-electron chi connectivity index (χ4n) is 2.04. The van der Waals surface area contributed by atoms with Crippen molar-refractivity contribution in [3.05, 3.63) is 0 Å². The SMILES string of the molecule is CCC(C)C(O)CNCC1(C)CCOCC1. The average Bonchev–Trinajstić information content (AvgIpc) is 2.28. The lowest BCUT2D eigenvalue weighted by Gasteiger charge is -2.34. The predicted octanol–water partition coefficient (Wildman–Crippen LogP) is 1.80. The predicted molar refractivity (Wildman–Crippen MR) is 66.5 cm³/mol. The smallest absolute Gasteiger partial charge is 0.0689 e. The highest BCUT2D eigenvalue weighted by Crippen LogP contribution is 2.28. The Morgan fingerprint density at radius 1 is 1.38 bits per heavy atom. The van der Waals surface area contributed by atoms with Crippen molar-refractivity contribution in [2.75, 3.05) is 26.3 Å². The standard InChI is InChI=1S/C13H27NO2/c1-4-11(2)12(15)9-14-10-13(3)5-7-16-8-6-13/h11-12,14-15H,4-10H2,1-3H3. The third-order valence-electron chi connectivity index (χ3n) is 3.91. The largest absolute Gasteiger partial charge is 0.392 e. The molecule has 1 heterocycles. The summed E-state index contributed by atoms with van der Waals surface area (Å²) in [6, 6.07) is 0. The maximum absolute atomic E-state index is 9.84. The van der Waals surface area contributed by atoms with Crippen LogP contribution in [-0.4, -0.2) is 37.5 Å². The van der Waals surface area contributed by atoms with Crippen molar-refractivity contribution in [1.82, 2.24) is 5.32 Å². The molecule has 1 rings (SSSR count). The first-order chi connectivity index (χ1) is 7.57. The Morgan fingerprint density at radius 3 is 2.56 bits per heavy atom. The first kappa shape index (κ1) is 13.9. The van der Waals surface area contributed by atoms with E-state index >= 15 is 0 Å². The van der Waals surface area contributed by atoms with E-state index in [1.54, 1.807) is 0 Å². The molecule has 0 aromatic rings. The Bertz CT molecular complexity index is 190. The highest BCUT2D eigenvalue weighted by Gasteiger charge is 2.27. The fourth-order valence-corrected chi connectivity index (χ4v) is 2.04. The summed E-state index contributed by atoms with van der Waals surface area (Å²) >= 11 is 0. The molecule has 0 aliphatic carbocycles. The van der Waals surface area contributed by atoms with Crippen LogP contribution in [0.2, 0.25) is 0 Å². The van der Waals surface area contributed by atoms with Crippen LogP contribution in [0.5, 0.6) is 0 Å². The molecule has 1 aliphatic rings. The first-order valence-electron chi connectivity index (χ1n) is 6.54. The van der Waals surface area contributed by atoms with Gasteiger partial charge in [0.15, 0.2) is 0 Å². The number of ether oxygens (including phenoxy) is 1. The number of hydrogen-bond donors (Lipinski definition) is 2. The molecule has 0 saturated carbocycles. The molecule has 3 heteroatoms. The lowest BCUT2D eigenvalue weighted by atomic mass is 9.82. The van der Waals surface area contributed by atoms with Crippen LogP contribution in [-0.2, 0) is 4.74 Å². The van der Waals surface area contributed by atoms with E-state index in [1.165, 1.54) is 0 Å². The number of rotatable bonds is 6. The number of aliphatic hydroxyl groups is 1. The summed E-state index contributed by atoms with van der Waals surface area (Å²) in [7, 11) is 0. The molecule has 1 saturated heterocycles. The van der Waals surface area contributed by atoms with Crippen molar-refractivity contribution in [3.63, 3.8) is 0 Å². The third-order valence-corrected chi connectivity index (χ3v) is 3.91. The molecule has 0 aromatic heterocycles. The Labute approximate surface area is 99.6 Å². The Hall–Kier alpha value is -0.120. The zero-order chi connectivity index (χ0) is 12.0. The second kappa shape index (κ2) is 6.58. The molecule has 2 N–H and O–H groups in total. The molecule has 16 heavy (non-hydrogen) atoms. The van der Waals surface area contributed by atoms with Gasteiger partial charge in [0, 0.05) is 26.3 Å². The molecule has 0 spiro atoms. The van der Waals surface area contributed by atoms with Crippen molar-refractivity contribution in [2.24, 2.45) is 11.3 Å². The molecule has 2 atom stereocenters. The number of aliphatic hydroxyl groups excluding tert-OH is 1. The van der Waals surface area contributed by atoms with E-state index in [-0.39, 0.29) is 6.10 Å². The minimum atomic E-state index is -0.214. The van der Waals surface area contributed by atoms with Gasteiger partial charge in [0.25, 0.3) is 0 Å². The molecule has 0 radical (unpaired) electrons. The van der Waals surface area contributed by atoms with Crippen molar-refractivity contribution in [1.29, 1.82) is 0 Å². The monoisotopic (exact) mass is 229 g/mol. The summed E-state index contributed by atoms with van der Waals surface area (Å²) in [5.74, 6) is 0.384. The lowest BCUT2D eigenvalue weighted by molar-refractivity contribution is 0.0215. The average molecular weight is 229 g/mol. The zero-order valence-electron chi connectivity index (χ0n) is 11.0. The van der Waals surface area contributed by atoms with E-state index in [0.717, 1.165) is 39.0 Å². The van der Waals surface area contributed by atoms with Crippen LogP contribution in [0.3, 0.4) is 0 Å². The van der Waals surface area contributed by atoms with Crippen LogP contribution in [0.4, 0.5) is 0 Å². The van der Waals surface area contributed by atoms with E-state index < -0.39 is 0 Å². The van der Waals surface area contributed by atoms with Crippen molar-refractivity contribution in [2.45, 2.75) is 46.1 Å². The summed E-state index contributed by atoms with van der Waals surface area (Å²) in [4.78, 5) is 0.